The minimum atomic E-state index is -0.281. The Kier molecular flexibility index (Phi) is 2.91. The number of nitrogens with zero attached hydrogens (tertiary/aromatic N) is 2. The summed E-state index contributed by atoms with van der Waals surface area (Å²) in [5.41, 5.74) is 8.76. The molecule has 86 valence electrons. The van der Waals surface area contributed by atoms with Gasteiger partial charge in [0.1, 0.15) is 11.9 Å². The highest BCUT2D eigenvalue weighted by Crippen LogP contribution is 2.26. The summed E-state index contributed by atoms with van der Waals surface area (Å²) in [7, 11) is 0. The maximum atomic E-state index is 11.3. The maximum Gasteiger partial charge on any atom is 0.240 e. The van der Waals surface area contributed by atoms with Gasteiger partial charge in [0.15, 0.2) is 0 Å². The fourth-order valence-electron chi connectivity index (χ4n) is 2.05. The standard InChI is InChI=1S/C10H15N5O/c11-10(16)8-2-1-5-15(8)7-3-4-13-9(6-7)14-12/h3-4,6,8H,1-2,5,12H2,(H2,11,16)(H,13,14). The molecule has 0 spiro atoms. The van der Waals surface area contributed by atoms with Gasteiger partial charge in [-0.2, -0.15) is 0 Å². The fraction of sp³-hybridized carbons (Fsp3) is 0.400. The van der Waals surface area contributed by atoms with Gasteiger partial charge in [-0.3, -0.25) is 4.79 Å². The molecule has 2 rings (SSSR count). The lowest BCUT2D eigenvalue weighted by Crippen LogP contribution is -2.40. The predicted molar refractivity (Wildman–Crippen MR) is 61.6 cm³/mol. The van der Waals surface area contributed by atoms with Gasteiger partial charge in [-0.15, -0.1) is 0 Å². The highest BCUT2D eigenvalue weighted by atomic mass is 16.1. The number of nitrogens with two attached hydrogens (primary N) is 2. The summed E-state index contributed by atoms with van der Waals surface area (Å²) in [6.07, 6.45) is 3.44. The van der Waals surface area contributed by atoms with Crippen LogP contribution in [0, 0.1) is 0 Å². The molecular weight excluding hydrogens is 206 g/mol. The van der Waals surface area contributed by atoms with Crippen LogP contribution in [0.5, 0.6) is 0 Å². The predicted octanol–water partition coefficient (Wildman–Crippen LogP) is -0.179. The molecule has 1 atom stereocenters. The second-order valence-corrected chi connectivity index (χ2v) is 3.80. The number of nitrogen functional groups attached to an aromatic ring is 1. The van der Waals surface area contributed by atoms with E-state index in [1.807, 2.05) is 11.0 Å². The third-order valence-electron chi connectivity index (χ3n) is 2.80. The number of pyridine rings is 1. The Labute approximate surface area is 93.6 Å². The molecule has 0 bridgehead atoms. The molecule has 1 aliphatic rings. The van der Waals surface area contributed by atoms with Gasteiger partial charge in [0.2, 0.25) is 5.91 Å². The molecule has 0 aliphatic carbocycles. The summed E-state index contributed by atoms with van der Waals surface area (Å²) in [6, 6.07) is 3.44. The van der Waals surface area contributed by atoms with E-state index in [1.54, 1.807) is 12.3 Å². The molecule has 1 unspecified atom stereocenters. The second-order valence-electron chi connectivity index (χ2n) is 3.80. The van der Waals surface area contributed by atoms with Gasteiger partial charge in [0.25, 0.3) is 0 Å². The van der Waals surface area contributed by atoms with E-state index in [1.165, 1.54) is 0 Å². The van der Waals surface area contributed by atoms with Crippen molar-refractivity contribution in [2.75, 3.05) is 16.9 Å². The Balaban J connectivity index is 2.25. The molecule has 1 fully saturated rings. The molecule has 6 nitrogen and oxygen atoms in total. The number of nitrogens with one attached hydrogen (secondary N) is 1. The van der Waals surface area contributed by atoms with Crippen molar-refractivity contribution in [3.05, 3.63) is 18.3 Å². The summed E-state index contributed by atoms with van der Waals surface area (Å²) >= 11 is 0. The van der Waals surface area contributed by atoms with Crippen molar-refractivity contribution < 1.29 is 4.79 Å². The Morgan fingerprint density at radius 1 is 1.62 bits per heavy atom. The molecule has 2 heterocycles. The van der Waals surface area contributed by atoms with Gasteiger partial charge in [0.05, 0.1) is 0 Å². The number of anilines is 2. The van der Waals surface area contributed by atoms with E-state index < -0.39 is 0 Å². The van der Waals surface area contributed by atoms with E-state index >= 15 is 0 Å². The van der Waals surface area contributed by atoms with Crippen LogP contribution in [0.2, 0.25) is 0 Å². The lowest BCUT2D eigenvalue weighted by molar-refractivity contribution is -0.119. The molecule has 1 aromatic heterocycles. The first-order chi connectivity index (χ1) is 7.72. The van der Waals surface area contributed by atoms with Gasteiger partial charge in [-0.1, -0.05) is 0 Å². The Hall–Kier alpha value is -1.82. The van der Waals surface area contributed by atoms with Crippen LogP contribution in [-0.2, 0) is 4.79 Å². The highest BCUT2D eigenvalue weighted by molar-refractivity contribution is 5.84. The molecule has 1 amide bonds. The van der Waals surface area contributed by atoms with Crippen LogP contribution in [0.4, 0.5) is 11.5 Å². The fourth-order valence-corrected chi connectivity index (χ4v) is 2.05. The lowest BCUT2D eigenvalue weighted by Gasteiger charge is -2.24. The zero-order chi connectivity index (χ0) is 11.5. The smallest absolute Gasteiger partial charge is 0.240 e. The van der Waals surface area contributed by atoms with Crippen molar-refractivity contribution in [1.82, 2.24) is 4.98 Å². The number of rotatable bonds is 3. The summed E-state index contributed by atoms with van der Waals surface area (Å²) in [5, 5.41) is 0. The molecule has 5 N–H and O–H groups in total. The van der Waals surface area contributed by atoms with E-state index in [2.05, 4.69) is 10.4 Å². The summed E-state index contributed by atoms with van der Waals surface area (Å²) in [6.45, 7) is 0.835. The number of amides is 1. The van der Waals surface area contributed by atoms with E-state index in [0.717, 1.165) is 25.1 Å². The van der Waals surface area contributed by atoms with Crippen LogP contribution in [-0.4, -0.2) is 23.5 Å². The van der Waals surface area contributed by atoms with E-state index in [0.29, 0.717) is 5.82 Å². The van der Waals surface area contributed by atoms with Gasteiger partial charge in [-0.05, 0) is 18.9 Å². The van der Waals surface area contributed by atoms with E-state index in [9.17, 15) is 4.79 Å². The highest BCUT2D eigenvalue weighted by Gasteiger charge is 2.29. The Bertz CT molecular complexity index is 395. The zero-order valence-electron chi connectivity index (χ0n) is 8.89. The van der Waals surface area contributed by atoms with E-state index in [4.69, 9.17) is 11.6 Å². The molecule has 0 saturated carbocycles. The van der Waals surface area contributed by atoms with Crippen molar-refractivity contribution in [2.24, 2.45) is 11.6 Å². The number of hydrogen-bond acceptors (Lipinski definition) is 5. The van der Waals surface area contributed by atoms with Crippen molar-refractivity contribution in [3.8, 4) is 0 Å². The molecular formula is C10H15N5O. The van der Waals surface area contributed by atoms with Crippen LogP contribution in [0.15, 0.2) is 18.3 Å². The van der Waals surface area contributed by atoms with Gasteiger partial charge in [-0.25, -0.2) is 10.8 Å². The largest absolute Gasteiger partial charge is 0.368 e. The first kappa shape index (κ1) is 10.7. The van der Waals surface area contributed by atoms with Crippen molar-refractivity contribution in [2.45, 2.75) is 18.9 Å². The second kappa shape index (κ2) is 4.36. The molecule has 16 heavy (non-hydrogen) atoms. The van der Waals surface area contributed by atoms with Crippen LogP contribution < -0.4 is 21.9 Å². The number of hydrogen-bond donors (Lipinski definition) is 3. The third kappa shape index (κ3) is 1.92. The first-order valence-electron chi connectivity index (χ1n) is 5.21. The number of carbonyl (C=O) groups is 1. The normalized spacial score (nSPS) is 19.8. The molecule has 1 saturated heterocycles. The lowest BCUT2D eigenvalue weighted by atomic mass is 10.2. The Morgan fingerprint density at radius 3 is 3.12 bits per heavy atom. The van der Waals surface area contributed by atoms with Crippen molar-refractivity contribution in [3.63, 3.8) is 0 Å². The van der Waals surface area contributed by atoms with Crippen LogP contribution in [0.25, 0.3) is 0 Å². The van der Waals surface area contributed by atoms with Gasteiger partial charge >= 0.3 is 0 Å². The average molecular weight is 221 g/mol. The summed E-state index contributed by atoms with van der Waals surface area (Å²) in [5.74, 6) is 5.58. The average Bonchev–Trinajstić information content (AvgIpc) is 2.78. The number of primary amides is 1. The van der Waals surface area contributed by atoms with Crippen molar-refractivity contribution >= 4 is 17.4 Å². The van der Waals surface area contributed by atoms with Crippen LogP contribution in [0.1, 0.15) is 12.8 Å². The van der Waals surface area contributed by atoms with Gasteiger partial charge in [0, 0.05) is 24.5 Å². The van der Waals surface area contributed by atoms with Crippen molar-refractivity contribution in [1.29, 1.82) is 0 Å². The van der Waals surface area contributed by atoms with Gasteiger partial charge < -0.3 is 16.1 Å². The molecule has 0 aromatic carbocycles. The molecule has 0 radical (unpaired) electrons. The number of hydrazine groups is 1. The molecule has 6 heteroatoms. The Morgan fingerprint density at radius 2 is 2.44 bits per heavy atom. The topological polar surface area (TPSA) is 97.3 Å². The molecule has 1 aliphatic heterocycles. The monoisotopic (exact) mass is 221 g/mol. The number of aromatic nitrogens is 1. The SMILES string of the molecule is NNc1cc(N2CCCC2C(N)=O)ccn1. The van der Waals surface area contributed by atoms with E-state index in [-0.39, 0.29) is 11.9 Å². The quantitative estimate of drug-likeness (QED) is 0.486. The minimum absolute atomic E-state index is 0.215. The zero-order valence-corrected chi connectivity index (χ0v) is 8.89. The minimum Gasteiger partial charge on any atom is -0.368 e. The van der Waals surface area contributed by atoms with Crippen LogP contribution in [0.3, 0.4) is 0 Å². The summed E-state index contributed by atoms with van der Waals surface area (Å²) < 4.78 is 0. The molecule has 1 aromatic rings. The third-order valence-corrected chi connectivity index (χ3v) is 2.80. The summed E-state index contributed by atoms with van der Waals surface area (Å²) in [4.78, 5) is 17.3. The first-order valence-corrected chi connectivity index (χ1v) is 5.21. The maximum absolute atomic E-state index is 11.3. The van der Waals surface area contributed by atoms with Crippen LogP contribution >= 0.6 is 0 Å². The number of carbonyl (C=O) groups excluding carboxylic acids is 1.